The summed E-state index contributed by atoms with van der Waals surface area (Å²) in [5.41, 5.74) is 4.34. The second-order valence-electron chi connectivity index (χ2n) is 15.4. The van der Waals surface area contributed by atoms with Crippen LogP contribution in [0.15, 0.2) is 28.2 Å². The van der Waals surface area contributed by atoms with Crippen molar-refractivity contribution < 1.29 is 13.2 Å². The van der Waals surface area contributed by atoms with Crippen LogP contribution in [0.1, 0.15) is 42.4 Å². The first-order valence-electron chi connectivity index (χ1n) is 8.73. The van der Waals surface area contributed by atoms with Gasteiger partial charge in [0, 0.05) is 0 Å². The predicted octanol–water partition coefficient (Wildman–Crippen LogP) is 6.30. The van der Waals surface area contributed by atoms with Crippen molar-refractivity contribution in [3.05, 3.63) is 39.4 Å². The average Bonchev–Trinajstić information content (AvgIpc) is 2.49. The van der Waals surface area contributed by atoms with Gasteiger partial charge in [0.25, 0.3) is 0 Å². The Kier molecular flexibility index (Phi) is 3.02. The molecule has 1 aliphatic rings. The maximum absolute atomic E-state index is 4.77. The number of fused-ring (bicyclic) bond motifs is 1. The molecule has 0 spiro atoms. The van der Waals surface area contributed by atoms with Crippen LogP contribution in [0.3, 0.4) is 0 Å². The fraction of sp³-hybridized carbons (Fsp3) is 0.579. The number of halogens is 1. The third-order valence-electron chi connectivity index (χ3n) is 5.18. The quantitative estimate of drug-likeness (QED) is 0.494. The van der Waals surface area contributed by atoms with Gasteiger partial charge in [-0.3, -0.25) is 0 Å². The summed E-state index contributed by atoms with van der Waals surface area (Å²) >= 11 is -1.01. The van der Waals surface area contributed by atoms with E-state index in [-0.39, 0.29) is 5.54 Å². The minimum absolute atomic E-state index is 0.0452. The van der Waals surface area contributed by atoms with Gasteiger partial charge in [0.15, 0.2) is 0 Å². The third-order valence-corrected chi connectivity index (χ3v) is 25.7. The van der Waals surface area contributed by atoms with E-state index in [4.69, 9.17) is 0 Å². The van der Waals surface area contributed by atoms with Crippen LogP contribution >= 0.6 is 15.9 Å². The Labute approximate surface area is 143 Å². The van der Waals surface area contributed by atoms with Crippen molar-refractivity contribution in [2.24, 2.45) is 0 Å². The number of allylic oxidation sites excluding steroid dienone is 1. The molecule has 0 saturated heterocycles. The fourth-order valence-electron chi connectivity index (χ4n) is 6.32. The van der Waals surface area contributed by atoms with Crippen molar-refractivity contribution in [2.45, 2.75) is 60.0 Å². The minimum atomic E-state index is -4.77. The van der Waals surface area contributed by atoms with Gasteiger partial charge in [-0.15, -0.1) is 0 Å². The summed E-state index contributed by atoms with van der Waals surface area (Å²) in [4.78, 5) is 0. The van der Waals surface area contributed by atoms with Crippen LogP contribution in [-0.2, 0) is 13.2 Å². The molecule has 1 unspecified atom stereocenters. The van der Waals surface area contributed by atoms with Crippen LogP contribution < -0.4 is 3.26 Å². The maximum atomic E-state index is 4.27. The second-order valence-corrected chi connectivity index (χ2v) is 92.8. The van der Waals surface area contributed by atoms with Crippen LogP contribution in [0, 0.1) is 0 Å². The number of rotatable bonds is 2. The molecule has 1 nitrogen and oxygen atoms in total. The molecule has 0 heterocycles. The Balaban J connectivity index is 2.98. The van der Waals surface area contributed by atoms with Gasteiger partial charge in [0.05, 0.1) is 0 Å². The topological polar surface area (TPSA) is 12.0 Å². The van der Waals surface area contributed by atoms with E-state index in [9.17, 15) is 0 Å². The van der Waals surface area contributed by atoms with Gasteiger partial charge >= 0.3 is 145 Å². The molecule has 131 valence electrons. The fourth-order valence-corrected chi connectivity index (χ4v) is 37.6. The molecule has 1 atom stereocenters. The summed E-state index contributed by atoms with van der Waals surface area (Å²) in [6.45, 7) is 11.5. The average molecular weight is 477 g/mol. The monoisotopic (exact) mass is 474 g/mol. The number of hydrogen-bond acceptors (Lipinski definition) is 1. The SMILES string of the molecule is CC1=Cc2c(Br)cccc2[CH]1[Zr]([CH3])([CH3])([CH3])([CH3])([CH3])(=[SiH2])[NH]C(C)(C)C. The van der Waals surface area contributed by atoms with Crippen LogP contribution in [0.25, 0.3) is 6.08 Å². The van der Waals surface area contributed by atoms with E-state index in [1.165, 1.54) is 21.2 Å². The molecule has 1 N–H and O–H groups in total. The summed E-state index contributed by atoms with van der Waals surface area (Å²) in [6.07, 6.45) is 2.39. The van der Waals surface area contributed by atoms with E-state index in [1.54, 1.807) is 0 Å². The summed E-state index contributed by atoms with van der Waals surface area (Å²) in [7, 11) is 0. The molecule has 23 heavy (non-hydrogen) atoms. The molecular formula is C19H35BrNSiZr. The molecule has 2 rings (SSSR count). The molecule has 0 bridgehead atoms. The molecule has 1 aliphatic carbocycles. The Hall–Kier alpha value is 0.500. The van der Waals surface area contributed by atoms with E-state index < -0.39 is 13.2 Å². The number of nitrogens with one attached hydrogen (secondary N) is 1. The first kappa shape index (κ1) is 19.8. The first-order valence-corrected chi connectivity index (χ1v) is 30.4. The summed E-state index contributed by atoms with van der Waals surface area (Å²) in [5.74, 6) is 0. The van der Waals surface area contributed by atoms with Gasteiger partial charge in [-0.2, -0.15) is 0 Å². The molecule has 0 fully saturated rings. The van der Waals surface area contributed by atoms with Crippen molar-refractivity contribution >= 4 is 28.9 Å². The Bertz CT molecular complexity index is 888. The van der Waals surface area contributed by atoms with Crippen molar-refractivity contribution in [1.29, 1.82) is 0 Å². The zero-order valence-electron chi connectivity index (χ0n) is 16.5. The standard InChI is InChI=1S/C10H8Br.C4H10N.5CH3.H2Si.Zr/c1-7-5-8-3-2-4-10(11)9(8)6-7;1-4(2,3)5;;;;;;;/h2-6H,1H3;5H,1-3H3;5*1H3;1H2;/q;-1;;;;;;;+1. The predicted molar refractivity (Wildman–Crippen MR) is 111 cm³/mol. The first-order chi connectivity index (χ1) is 9.55. The zero-order chi connectivity index (χ0) is 18.3. The van der Waals surface area contributed by atoms with Crippen molar-refractivity contribution in [3.8, 4) is 0 Å². The molecule has 0 saturated carbocycles. The van der Waals surface area contributed by atoms with E-state index >= 15 is 0 Å². The van der Waals surface area contributed by atoms with Crippen LogP contribution in [0.5, 0.6) is 0 Å². The Morgan fingerprint density at radius 2 is 1.61 bits per heavy atom. The summed E-state index contributed by atoms with van der Waals surface area (Å²) in [6, 6.07) is 6.65. The molecule has 0 amide bonds. The van der Waals surface area contributed by atoms with E-state index in [0.717, 1.165) is 0 Å². The molecule has 0 aliphatic heterocycles. The Morgan fingerprint density at radius 3 is 2.09 bits per heavy atom. The van der Waals surface area contributed by atoms with Crippen molar-refractivity contribution in [1.82, 2.24) is 3.26 Å². The van der Waals surface area contributed by atoms with Gasteiger partial charge < -0.3 is 0 Å². The molecule has 0 radical (unpaired) electrons. The van der Waals surface area contributed by atoms with Crippen LogP contribution in [0.2, 0.25) is 23.2 Å². The summed E-state index contributed by atoms with van der Waals surface area (Å²) in [5, 5.41) is 0. The van der Waals surface area contributed by atoms with Gasteiger partial charge in [-0.1, -0.05) is 0 Å². The molecule has 1 aromatic rings. The van der Waals surface area contributed by atoms with E-state index in [2.05, 4.69) is 101 Å². The number of benzene rings is 1. The van der Waals surface area contributed by atoms with Gasteiger partial charge in [-0.25, -0.2) is 0 Å². The Morgan fingerprint density at radius 1 is 1.09 bits per heavy atom. The normalized spacial score (nSPS) is 25.5. The van der Waals surface area contributed by atoms with Crippen LogP contribution in [0.4, 0.5) is 0 Å². The van der Waals surface area contributed by atoms with Crippen LogP contribution in [-0.4, -0.2) is 12.4 Å². The van der Waals surface area contributed by atoms with E-state index in [1.807, 2.05) is 0 Å². The molecular weight excluding hydrogens is 441 g/mol. The summed E-state index contributed by atoms with van der Waals surface area (Å²) < 4.78 is 18.8. The van der Waals surface area contributed by atoms with E-state index in [0.29, 0.717) is 3.63 Å². The molecule has 1 aromatic carbocycles. The van der Waals surface area contributed by atoms with Gasteiger partial charge in [-0.05, 0) is 0 Å². The molecule has 4 heteroatoms. The van der Waals surface area contributed by atoms with Gasteiger partial charge in [0.2, 0.25) is 0 Å². The zero-order valence-corrected chi connectivity index (χ0v) is 21.9. The second kappa shape index (κ2) is 3.50. The number of hydrogen-bond donors (Lipinski definition) is 1. The molecule has 0 aromatic heterocycles. The van der Waals surface area contributed by atoms with Crippen molar-refractivity contribution in [3.63, 3.8) is 0 Å². The third kappa shape index (κ3) is 3.71. The van der Waals surface area contributed by atoms with Gasteiger partial charge in [0.1, 0.15) is 0 Å². The van der Waals surface area contributed by atoms with Crippen molar-refractivity contribution in [2.75, 3.05) is 0 Å².